The molecule has 1 aliphatic rings. The molecule has 5 nitrogen and oxygen atoms in total. The predicted molar refractivity (Wildman–Crippen MR) is 89.9 cm³/mol. The van der Waals surface area contributed by atoms with Crippen LogP contribution >= 0.6 is 0 Å². The molecule has 5 heteroatoms. The van der Waals surface area contributed by atoms with Gasteiger partial charge in [-0.15, -0.1) is 0 Å². The summed E-state index contributed by atoms with van der Waals surface area (Å²) in [5, 5.41) is 6.45. The lowest BCUT2D eigenvalue weighted by Crippen LogP contribution is -2.40. The van der Waals surface area contributed by atoms with Crippen molar-refractivity contribution in [2.24, 2.45) is 10.9 Å². The molecule has 1 aliphatic heterocycles. The van der Waals surface area contributed by atoms with Gasteiger partial charge in [0.05, 0.1) is 0 Å². The maximum atomic E-state index is 12.1. The van der Waals surface area contributed by atoms with Crippen molar-refractivity contribution < 1.29 is 4.79 Å². The molecule has 1 amide bonds. The normalized spacial score (nSPS) is 18.6. The van der Waals surface area contributed by atoms with Gasteiger partial charge in [-0.25, -0.2) is 0 Å². The van der Waals surface area contributed by atoms with E-state index in [0.717, 1.165) is 38.6 Å². The first-order valence-corrected chi connectivity index (χ1v) is 7.99. The van der Waals surface area contributed by atoms with E-state index in [0.29, 0.717) is 12.3 Å². The highest BCUT2D eigenvalue weighted by Gasteiger charge is 2.29. The lowest BCUT2D eigenvalue weighted by Gasteiger charge is -2.17. The number of rotatable bonds is 6. The summed E-state index contributed by atoms with van der Waals surface area (Å²) in [5.41, 5.74) is 1.28. The third-order valence-corrected chi connectivity index (χ3v) is 3.93. The smallest absolute Gasteiger partial charge is 0.223 e. The fraction of sp³-hybridized carbons (Fsp3) is 0.529. The third-order valence-electron chi connectivity index (χ3n) is 3.93. The molecule has 0 bridgehead atoms. The quantitative estimate of drug-likeness (QED) is 0.614. The van der Waals surface area contributed by atoms with Crippen molar-refractivity contribution in [1.82, 2.24) is 15.5 Å². The largest absolute Gasteiger partial charge is 0.357 e. The molecule has 2 N–H and O–H groups in total. The Hall–Kier alpha value is -2.04. The van der Waals surface area contributed by atoms with Crippen LogP contribution in [0.15, 0.2) is 35.3 Å². The summed E-state index contributed by atoms with van der Waals surface area (Å²) in [7, 11) is 1.76. The minimum absolute atomic E-state index is 0.265. The third kappa shape index (κ3) is 4.76. The van der Waals surface area contributed by atoms with E-state index in [1.807, 2.05) is 30.0 Å². The molecule has 1 atom stereocenters. The molecule has 0 aliphatic carbocycles. The topological polar surface area (TPSA) is 56.7 Å². The molecular weight excluding hydrogens is 276 g/mol. The van der Waals surface area contributed by atoms with Gasteiger partial charge < -0.3 is 15.5 Å². The Balaban J connectivity index is 1.76. The summed E-state index contributed by atoms with van der Waals surface area (Å²) in [6, 6.07) is 10.3. The molecule has 1 saturated heterocycles. The average molecular weight is 302 g/mol. The zero-order chi connectivity index (χ0) is 15.8. The van der Waals surface area contributed by atoms with Crippen LogP contribution in [0.1, 0.15) is 18.9 Å². The van der Waals surface area contributed by atoms with Gasteiger partial charge in [0, 0.05) is 45.6 Å². The first-order valence-electron chi connectivity index (χ1n) is 7.99. The van der Waals surface area contributed by atoms with E-state index in [-0.39, 0.29) is 5.91 Å². The molecule has 0 radical (unpaired) electrons. The minimum Gasteiger partial charge on any atom is -0.357 e. The van der Waals surface area contributed by atoms with Crippen LogP contribution < -0.4 is 10.6 Å². The van der Waals surface area contributed by atoms with Crippen molar-refractivity contribution in [2.45, 2.75) is 19.8 Å². The molecule has 1 aromatic carbocycles. The zero-order valence-corrected chi connectivity index (χ0v) is 13.5. The van der Waals surface area contributed by atoms with Gasteiger partial charge >= 0.3 is 0 Å². The molecule has 2 rings (SSSR count). The Morgan fingerprint density at radius 2 is 2.09 bits per heavy atom. The Labute approximate surface area is 132 Å². The lowest BCUT2D eigenvalue weighted by molar-refractivity contribution is -0.127. The van der Waals surface area contributed by atoms with Crippen LogP contribution in [0.4, 0.5) is 0 Å². The predicted octanol–water partition coefficient (Wildman–Crippen LogP) is 1.26. The van der Waals surface area contributed by atoms with Crippen molar-refractivity contribution in [2.75, 3.05) is 33.2 Å². The van der Waals surface area contributed by atoms with Gasteiger partial charge in [-0.2, -0.15) is 0 Å². The zero-order valence-electron chi connectivity index (χ0n) is 13.5. The van der Waals surface area contributed by atoms with Crippen LogP contribution in [-0.4, -0.2) is 50.0 Å². The van der Waals surface area contributed by atoms with Crippen LogP contribution in [-0.2, 0) is 11.2 Å². The Kier molecular flexibility index (Phi) is 6.25. The van der Waals surface area contributed by atoms with Crippen LogP contribution in [0.25, 0.3) is 0 Å². The molecule has 1 aromatic rings. The van der Waals surface area contributed by atoms with Gasteiger partial charge in [0.1, 0.15) is 0 Å². The minimum atomic E-state index is 0.265. The molecule has 120 valence electrons. The Bertz CT molecular complexity index is 501. The van der Waals surface area contributed by atoms with E-state index in [9.17, 15) is 4.79 Å². The van der Waals surface area contributed by atoms with E-state index in [2.05, 4.69) is 27.8 Å². The molecule has 22 heavy (non-hydrogen) atoms. The Morgan fingerprint density at radius 3 is 2.77 bits per heavy atom. The number of nitrogens with zero attached hydrogens (tertiary/aromatic N) is 2. The van der Waals surface area contributed by atoms with Gasteiger partial charge in [0.25, 0.3) is 0 Å². The molecular formula is C17H26N4O. The lowest BCUT2D eigenvalue weighted by atomic mass is 10.1. The van der Waals surface area contributed by atoms with Crippen molar-refractivity contribution in [3.63, 3.8) is 0 Å². The van der Waals surface area contributed by atoms with E-state index in [1.165, 1.54) is 5.56 Å². The average Bonchev–Trinajstić information content (AvgIpc) is 2.90. The summed E-state index contributed by atoms with van der Waals surface area (Å²) < 4.78 is 0. The van der Waals surface area contributed by atoms with Gasteiger partial charge in [-0.1, -0.05) is 30.3 Å². The number of benzene rings is 1. The van der Waals surface area contributed by atoms with Crippen LogP contribution in [0.5, 0.6) is 0 Å². The second kappa shape index (κ2) is 8.41. The summed E-state index contributed by atoms with van der Waals surface area (Å²) in [6.07, 6.45) is 1.55. The van der Waals surface area contributed by atoms with Crippen molar-refractivity contribution >= 4 is 11.9 Å². The maximum Gasteiger partial charge on any atom is 0.223 e. The molecule has 0 aromatic heterocycles. The maximum absolute atomic E-state index is 12.1. The molecule has 1 fully saturated rings. The number of aliphatic imine (C=N–C) groups is 1. The number of guanidine groups is 1. The summed E-state index contributed by atoms with van der Waals surface area (Å²) in [5.74, 6) is 1.43. The van der Waals surface area contributed by atoms with Gasteiger partial charge in [0.15, 0.2) is 5.96 Å². The monoisotopic (exact) mass is 302 g/mol. The first-order chi connectivity index (χ1) is 10.7. The van der Waals surface area contributed by atoms with E-state index < -0.39 is 0 Å². The van der Waals surface area contributed by atoms with Gasteiger partial charge in [0.2, 0.25) is 5.91 Å². The van der Waals surface area contributed by atoms with Gasteiger partial charge in [-0.05, 0) is 18.9 Å². The number of amides is 1. The highest BCUT2D eigenvalue weighted by molar-refractivity contribution is 5.80. The number of hydrogen-bond acceptors (Lipinski definition) is 2. The van der Waals surface area contributed by atoms with Crippen molar-refractivity contribution in [3.8, 4) is 0 Å². The standard InChI is InChI=1S/C17H26N4O/c1-3-19-17(18-2)20-12-15-11-16(22)21(13-15)10-9-14-7-5-4-6-8-14/h4-8,15H,3,9-13H2,1-2H3,(H2,18,19,20). The van der Waals surface area contributed by atoms with Crippen molar-refractivity contribution in [3.05, 3.63) is 35.9 Å². The summed E-state index contributed by atoms with van der Waals surface area (Å²) in [4.78, 5) is 18.2. The van der Waals surface area contributed by atoms with Gasteiger partial charge in [-0.3, -0.25) is 9.79 Å². The van der Waals surface area contributed by atoms with Crippen LogP contribution in [0, 0.1) is 5.92 Å². The number of likely N-dealkylation sites (tertiary alicyclic amines) is 1. The number of hydrogen-bond donors (Lipinski definition) is 2. The number of carbonyl (C=O) groups excluding carboxylic acids is 1. The van der Waals surface area contributed by atoms with E-state index >= 15 is 0 Å². The number of carbonyl (C=O) groups is 1. The van der Waals surface area contributed by atoms with Crippen molar-refractivity contribution in [1.29, 1.82) is 0 Å². The number of nitrogens with one attached hydrogen (secondary N) is 2. The fourth-order valence-electron chi connectivity index (χ4n) is 2.74. The molecule has 0 spiro atoms. The van der Waals surface area contributed by atoms with E-state index in [4.69, 9.17) is 0 Å². The Morgan fingerprint density at radius 1 is 1.32 bits per heavy atom. The van der Waals surface area contributed by atoms with Crippen LogP contribution in [0.2, 0.25) is 0 Å². The highest BCUT2D eigenvalue weighted by Crippen LogP contribution is 2.17. The van der Waals surface area contributed by atoms with Crippen LogP contribution in [0.3, 0.4) is 0 Å². The summed E-state index contributed by atoms with van der Waals surface area (Å²) in [6.45, 7) is 5.31. The highest BCUT2D eigenvalue weighted by atomic mass is 16.2. The van der Waals surface area contributed by atoms with E-state index in [1.54, 1.807) is 7.05 Å². The molecule has 0 saturated carbocycles. The fourth-order valence-corrected chi connectivity index (χ4v) is 2.74. The SMILES string of the molecule is CCNC(=NC)NCC1CC(=O)N(CCc2ccccc2)C1. The molecule has 1 heterocycles. The second-order valence-electron chi connectivity index (χ2n) is 5.63. The second-order valence-corrected chi connectivity index (χ2v) is 5.63. The molecule has 1 unspecified atom stereocenters. The first kappa shape index (κ1) is 16.3. The summed E-state index contributed by atoms with van der Waals surface area (Å²) >= 11 is 0.